The highest BCUT2D eigenvalue weighted by molar-refractivity contribution is 7.57. The van der Waals surface area contributed by atoms with Crippen molar-refractivity contribution >= 4 is 94.5 Å². The second-order valence-electron chi connectivity index (χ2n) is 16.4. The van der Waals surface area contributed by atoms with Gasteiger partial charge in [0.25, 0.3) is 11.8 Å². The third-order valence-corrected chi connectivity index (χ3v) is 12.4. The zero-order chi connectivity index (χ0) is 51.5. The molecule has 0 spiro atoms. The zero-order valence-electron chi connectivity index (χ0n) is 39.4. The normalized spacial score (nSPS) is 15.2. The average Bonchev–Trinajstić information content (AvgIpc) is 3.79. The number of carbonyl (C=O) groups excluding carboxylic acids is 3. The van der Waals surface area contributed by atoms with E-state index in [1.807, 2.05) is 30.5 Å². The van der Waals surface area contributed by atoms with E-state index in [2.05, 4.69) is 55.3 Å². The molecule has 0 saturated carbocycles. The number of anilines is 2. The number of aromatic nitrogens is 2. The largest absolute Gasteiger partial charge is 0.481 e. The summed E-state index contributed by atoms with van der Waals surface area (Å²) in [6, 6.07) is 7.77. The van der Waals surface area contributed by atoms with Gasteiger partial charge >= 0.3 is 5.97 Å². The predicted molar refractivity (Wildman–Crippen MR) is 269 cm³/mol. The van der Waals surface area contributed by atoms with Crippen LogP contribution in [-0.2, 0) is 47.9 Å². The fourth-order valence-electron chi connectivity index (χ4n) is 6.77. The molecule has 68 heavy (non-hydrogen) atoms. The summed E-state index contributed by atoms with van der Waals surface area (Å²) in [7, 11) is -1.47. The van der Waals surface area contributed by atoms with Crippen molar-refractivity contribution in [2.45, 2.75) is 77.3 Å². The van der Waals surface area contributed by atoms with Crippen molar-refractivity contribution in [2.24, 2.45) is 16.1 Å². The van der Waals surface area contributed by atoms with Crippen molar-refractivity contribution in [3.05, 3.63) is 83.2 Å². The number of alkyl halides is 3. The van der Waals surface area contributed by atoms with E-state index in [0.717, 1.165) is 42.0 Å². The van der Waals surface area contributed by atoms with Crippen molar-refractivity contribution in [3.8, 4) is 18.1 Å². The van der Waals surface area contributed by atoms with Crippen LogP contribution in [0.4, 0.5) is 21.5 Å². The summed E-state index contributed by atoms with van der Waals surface area (Å²) >= 11 is 17.8. The quantitative estimate of drug-likeness (QED) is 0.0538. The number of para-hydroxylation sites is 1. The van der Waals surface area contributed by atoms with Crippen LogP contribution in [-0.4, -0.2) is 123 Å². The van der Waals surface area contributed by atoms with E-state index in [1.54, 1.807) is 24.2 Å². The molecule has 22 heteroatoms. The molecule has 16 nitrogen and oxygen atoms in total. The standard InChI is InChI=1S/C18H17FN4O2S.C15H22ClNO2.C8H11Cl2NO.C5H12NO4P/c1-4-5-22-13-7-12(11(19)6-14(13)25-9-16(22)24)20-17-23-10-18(2,3)8-15(23)21-26-17;1-5-13-8-6-7-11(2)15(13)17(14(18)9-16)12(3)10-19-4;1-3-5-11(6-4-2)8(12)7(9)10;1-11(9,10)3-2-4(6)5(7)8/h1,6-7H,5,8-10H2,2-3H3;6-8,12H,5,9-10H2,1-4H3;3-4,7H,1-2,5-6H2;4H,2-3,6H2,1H3,(H,7,8)(H,9,10)/b20-17-;;;. The molecule has 3 unspecified atom stereocenters. The third-order valence-electron chi connectivity index (χ3n) is 9.98. The maximum absolute atomic E-state index is 14.5. The van der Waals surface area contributed by atoms with Crippen LogP contribution in [0.5, 0.6) is 5.75 Å². The number of carboxylic acid groups (broad SMARTS) is 1. The Kier molecular flexibility index (Phi) is 24.7. The van der Waals surface area contributed by atoms with Crippen molar-refractivity contribution in [1.82, 2.24) is 13.8 Å². The number of methoxy groups -OCH3 is 1. The zero-order valence-corrected chi connectivity index (χ0v) is 43.4. The highest BCUT2D eigenvalue weighted by atomic mass is 35.5. The minimum atomic E-state index is -3.10. The molecule has 3 heterocycles. The van der Waals surface area contributed by atoms with Gasteiger partial charge in [-0.05, 0) is 49.3 Å². The maximum atomic E-state index is 14.5. The summed E-state index contributed by atoms with van der Waals surface area (Å²) in [6.45, 7) is 20.7. The SMILES string of the molecule is C#CCN1C(=O)COc2cc(F)c(/N=c3\snc4n3CC(C)(C)C4)cc21.C=CCN(CC=C)C(=O)C(Cl)Cl.CCc1cccc(C)c1N(C(=O)CCl)C(C)COC.CP(=O)(O)CCC(N)C(=O)O. The molecule has 0 aliphatic carbocycles. The number of hydrogen-bond acceptors (Lipinski definition) is 11. The smallest absolute Gasteiger partial charge is 0.320 e. The molecule has 0 fully saturated rings. The second kappa shape index (κ2) is 28.2. The van der Waals surface area contributed by atoms with Crippen LogP contribution >= 0.6 is 53.7 Å². The maximum Gasteiger partial charge on any atom is 0.320 e. The second-order valence-corrected chi connectivity index (χ2v) is 21.1. The number of halogens is 4. The molecule has 3 amide bonds. The summed E-state index contributed by atoms with van der Waals surface area (Å²) in [5, 5.41) is 8.28. The molecule has 0 bridgehead atoms. The fourth-order valence-corrected chi connectivity index (χ4v) is 8.69. The van der Waals surface area contributed by atoms with E-state index in [-0.39, 0.29) is 66.5 Å². The molecule has 5 rings (SSSR count). The number of terminal acetylenes is 1. The van der Waals surface area contributed by atoms with Crippen molar-refractivity contribution in [3.63, 3.8) is 0 Å². The topological polar surface area (TPSA) is 210 Å². The molecule has 0 radical (unpaired) electrons. The van der Waals surface area contributed by atoms with Crippen molar-refractivity contribution in [1.29, 1.82) is 0 Å². The number of rotatable bonds is 17. The summed E-state index contributed by atoms with van der Waals surface area (Å²) in [5.74, 6) is 1.35. The first-order chi connectivity index (χ1) is 31.9. The lowest BCUT2D eigenvalue weighted by Crippen LogP contribution is -2.43. The van der Waals surface area contributed by atoms with Gasteiger partial charge in [-0.15, -0.1) is 31.2 Å². The molecule has 3 atom stereocenters. The van der Waals surface area contributed by atoms with Crippen LogP contribution in [0.1, 0.15) is 51.1 Å². The summed E-state index contributed by atoms with van der Waals surface area (Å²) < 4.78 is 42.1. The Morgan fingerprint density at radius 1 is 1.24 bits per heavy atom. The van der Waals surface area contributed by atoms with Gasteiger partial charge in [0.1, 0.15) is 29.2 Å². The molecule has 2 aliphatic rings. The molecule has 2 aromatic carbocycles. The number of aryl methyl sites for hydroxylation is 2. The average molecular weight is 1050 g/mol. The number of nitrogens with two attached hydrogens (primary N) is 1. The molecule has 374 valence electrons. The number of amides is 3. The van der Waals surface area contributed by atoms with Gasteiger partial charge in [0, 0.05) is 63.6 Å². The lowest BCUT2D eigenvalue weighted by Gasteiger charge is -2.31. The number of benzene rings is 2. The van der Waals surface area contributed by atoms with Crippen LogP contribution in [0.3, 0.4) is 0 Å². The van der Waals surface area contributed by atoms with Crippen LogP contribution in [0.25, 0.3) is 0 Å². The van der Waals surface area contributed by atoms with E-state index in [0.29, 0.717) is 35.9 Å². The van der Waals surface area contributed by atoms with Gasteiger partial charge < -0.3 is 39.6 Å². The molecular formula is C46H62Cl3FN7O9PS. The molecule has 3 aromatic rings. The van der Waals surface area contributed by atoms with Gasteiger partial charge in [0.15, 0.2) is 24.6 Å². The van der Waals surface area contributed by atoms with Crippen LogP contribution in [0.2, 0.25) is 0 Å². The van der Waals surface area contributed by atoms with Crippen LogP contribution in [0, 0.1) is 30.5 Å². The van der Waals surface area contributed by atoms with Crippen molar-refractivity contribution in [2.75, 3.05) is 68.5 Å². The number of hydrogen-bond donors (Lipinski definition) is 3. The van der Waals surface area contributed by atoms with Gasteiger partial charge in [-0.2, -0.15) is 4.37 Å². The van der Waals surface area contributed by atoms with E-state index < -0.39 is 30.0 Å². The third kappa shape index (κ3) is 18.1. The lowest BCUT2D eigenvalue weighted by molar-refractivity contribution is -0.138. The van der Waals surface area contributed by atoms with Crippen LogP contribution in [0.15, 0.2) is 60.6 Å². The molecule has 2 aliphatic heterocycles. The number of ether oxygens (including phenoxy) is 2. The summed E-state index contributed by atoms with van der Waals surface area (Å²) in [4.78, 5) is 63.0. The highest BCUT2D eigenvalue weighted by Gasteiger charge is 2.32. The number of nitrogens with zero attached hydrogens (tertiary/aromatic N) is 6. The Hall–Kier alpha value is -4.57. The van der Waals surface area contributed by atoms with Gasteiger partial charge in [0.05, 0.1) is 30.6 Å². The van der Waals surface area contributed by atoms with E-state index in [9.17, 15) is 28.1 Å². The first-order valence-electron chi connectivity index (χ1n) is 21.2. The minimum Gasteiger partial charge on any atom is -0.481 e. The van der Waals surface area contributed by atoms with Crippen LogP contribution < -0.4 is 25.1 Å². The Bertz CT molecular complexity index is 2390. The number of carbonyl (C=O) groups is 4. The number of carboxylic acids is 1. The Balaban J connectivity index is 0.000000334. The molecule has 4 N–H and O–H groups in total. The number of fused-ring (bicyclic) bond motifs is 2. The fraction of sp³-hybridized carbons (Fsp3) is 0.478. The molecule has 1 aromatic heterocycles. The van der Waals surface area contributed by atoms with E-state index in [1.165, 1.54) is 40.1 Å². The summed E-state index contributed by atoms with van der Waals surface area (Å²) in [5.41, 5.74) is 8.98. The molecule has 0 saturated heterocycles. The van der Waals surface area contributed by atoms with Gasteiger partial charge in [-0.25, -0.2) is 9.38 Å². The monoisotopic (exact) mass is 1040 g/mol. The van der Waals surface area contributed by atoms with Crippen molar-refractivity contribution < 1.29 is 47.6 Å². The van der Waals surface area contributed by atoms with Gasteiger partial charge in [-0.1, -0.05) is 80.2 Å². The summed E-state index contributed by atoms with van der Waals surface area (Å²) in [6.07, 6.45) is 10.3. The van der Waals surface area contributed by atoms with Gasteiger partial charge in [-0.3, -0.25) is 28.6 Å². The predicted octanol–water partition coefficient (Wildman–Crippen LogP) is 7.10. The number of aliphatic carboxylic acids is 1. The first kappa shape index (κ1) is 59.6. The first-order valence-corrected chi connectivity index (χ1v) is 25.7. The minimum absolute atomic E-state index is 0.0223. The Labute approximate surface area is 417 Å². The van der Waals surface area contributed by atoms with Gasteiger partial charge in [0.2, 0.25) is 10.7 Å². The van der Waals surface area contributed by atoms with E-state index >= 15 is 0 Å². The Morgan fingerprint density at radius 2 is 1.88 bits per heavy atom. The lowest BCUT2D eigenvalue weighted by atomic mass is 9.92. The van der Waals surface area contributed by atoms with E-state index in [4.69, 9.17) is 66.4 Å². The molecular weight excluding hydrogens is 983 g/mol. The Morgan fingerprint density at radius 3 is 2.41 bits per heavy atom. The highest BCUT2D eigenvalue weighted by Crippen LogP contribution is 2.38.